The van der Waals surface area contributed by atoms with Crippen molar-refractivity contribution in [3.63, 3.8) is 0 Å². The van der Waals surface area contributed by atoms with E-state index >= 15 is 0 Å². The Morgan fingerprint density at radius 2 is 1.62 bits per heavy atom. The van der Waals surface area contributed by atoms with Crippen LogP contribution in [-0.4, -0.2) is 19.6 Å². The van der Waals surface area contributed by atoms with Gasteiger partial charge in [-0.15, -0.1) is 0 Å². The Kier molecular flexibility index (Phi) is 4.54. The van der Waals surface area contributed by atoms with Crippen LogP contribution in [0.4, 0.5) is 0 Å². The Morgan fingerprint density at radius 3 is 1.75 bits per heavy atom. The van der Waals surface area contributed by atoms with Crippen LogP contribution in [0.1, 0.15) is 0 Å². The van der Waals surface area contributed by atoms with Gasteiger partial charge in [-0.1, -0.05) is 6.08 Å². The highest BCUT2D eigenvalue weighted by Crippen LogP contribution is 1.82. The predicted octanol–water partition coefficient (Wildman–Crippen LogP) is -1.21. The highest BCUT2D eigenvalue weighted by molar-refractivity contribution is 5.05. The Bertz CT molecular complexity index is 71.7. The maximum Gasteiger partial charge on any atom is 0.0149 e. The van der Waals surface area contributed by atoms with E-state index in [1.807, 2.05) is 6.08 Å². The van der Waals surface area contributed by atoms with Gasteiger partial charge in [0.1, 0.15) is 0 Å². The summed E-state index contributed by atoms with van der Waals surface area (Å²) in [6.45, 7) is 1.57. The lowest BCUT2D eigenvalue weighted by Gasteiger charge is -1.95. The fourth-order valence-electron chi connectivity index (χ4n) is 0.417. The van der Waals surface area contributed by atoms with Gasteiger partial charge in [-0.3, -0.25) is 0 Å². The molecule has 3 nitrogen and oxygen atoms in total. The molecule has 0 aromatic heterocycles. The minimum absolute atomic E-state index is 0.522. The summed E-state index contributed by atoms with van der Waals surface area (Å²) in [6.07, 6.45) is 1.85. The third kappa shape index (κ3) is 2.74. The van der Waals surface area contributed by atoms with Gasteiger partial charge in [0.15, 0.2) is 0 Å². The van der Waals surface area contributed by atoms with Crippen LogP contribution in [0, 0.1) is 0 Å². The molecule has 3 heteroatoms. The molecule has 0 atom stereocenters. The lowest BCUT2D eigenvalue weighted by molar-refractivity contribution is 1.02. The summed E-state index contributed by atoms with van der Waals surface area (Å²) < 4.78 is 0. The minimum atomic E-state index is 0.522. The van der Waals surface area contributed by atoms with Crippen molar-refractivity contribution in [2.45, 2.75) is 0 Å². The van der Waals surface area contributed by atoms with Crippen molar-refractivity contribution >= 4 is 0 Å². The maximum absolute atomic E-state index is 5.27. The summed E-state index contributed by atoms with van der Waals surface area (Å²) in [7, 11) is 0. The lowest BCUT2D eigenvalue weighted by atomic mass is 10.2. The first-order chi connectivity index (χ1) is 3.85. The molecule has 0 spiro atoms. The third-order valence-electron chi connectivity index (χ3n) is 0.931. The average Bonchev–Trinajstić information content (AvgIpc) is 1.83. The van der Waals surface area contributed by atoms with Crippen molar-refractivity contribution in [2.24, 2.45) is 17.2 Å². The van der Waals surface area contributed by atoms with Crippen molar-refractivity contribution in [3.8, 4) is 0 Å². The molecule has 0 unspecified atom stereocenters. The molecule has 0 aromatic carbocycles. The fourth-order valence-corrected chi connectivity index (χ4v) is 0.417. The van der Waals surface area contributed by atoms with Gasteiger partial charge in [-0.25, -0.2) is 0 Å². The monoisotopic (exact) mass is 115 g/mol. The zero-order valence-electron chi connectivity index (χ0n) is 4.93. The van der Waals surface area contributed by atoms with Crippen LogP contribution in [0.3, 0.4) is 0 Å². The largest absolute Gasteiger partial charge is 0.327 e. The van der Waals surface area contributed by atoms with Crippen LogP contribution >= 0.6 is 0 Å². The molecule has 0 fully saturated rings. The minimum Gasteiger partial charge on any atom is -0.327 e. The Hall–Kier alpha value is -0.380. The van der Waals surface area contributed by atoms with Crippen LogP contribution in [-0.2, 0) is 0 Å². The average molecular weight is 115 g/mol. The predicted molar refractivity (Wildman–Crippen MR) is 35.2 cm³/mol. The highest BCUT2D eigenvalue weighted by atomic mass is 14.6. The molecule has 0 heterocycles. The van der Waals surface area contributed by atoms with E-state index in [9.17, 15) is 0 Å². The molecule has 8 heavy (non-hydrogen) atoms. The Balaban J connectivity index is 3.49. The van der Waals surface area contributed by atoms with Gasteiger partial charge in [-0.05, 0) is 5.57 Å². The van der Waals surface area contributed by atoms with Gasteiger partial charge in [0, 0.05) is 19.6 Å². The molecule has 0 rings (SSSR count). The second-order valence-corrected chi connectivity index (χ2v) is 1.51. The van der Waals surface area contributed by atoms with E-state index in [2.05, 4.69) is 0 Å². The molecular formula is C5H13N3. The van der Waals surface area contributed by atoms with Gasteiger partial charge in [0.05, 0.1) is 0 Å². The molecule has 0 aliphatic heterocycles. The molecule has 0 saturated carbocycles. The quantitative estimate of drug-likeness (QED) is 0.404. The first kappa shape index (κ1) is 7.62. The molecule has 0 saturated heterocycles. The lowest BCUT2D eigenvalue weighted by Crippen LogP contribution is -2.14. The number of nitrogens with two attached hydrogens (primary N) is 3. The Labute approximate surface area is 49.5 Å². The molecule has 6 N–H and O–H groups in total. The van der Waals surface area contributed by atoms with E-state index in [0.29, 0.717) is 19.6 Å². The van der Waals surface area contributed by atoms with Crippen LogP contribution in [0.2, 0.25) is 0 Å². The Morgan fingerprint density at radius 1 is 1.12 bits per heavy atom. The topological polar surface area (TPSA) is 78.1 Å². The van der Waals surface area contributed by atoms with Crippen molar-refractivity contribution in [1.82, 2.24) is 0 Å². The number of hydrogen-bond donors (Lipinski definition) is 3. The second-order valence-electron chi connectivity index (χ2n) is 1.51. The molecule has 0 aliphatic rings. The van der Waals surface area contributed by atoms with Crippen LogP contribution in [0.25, 0.3) is 0 Å². The van der Waals surface area contributed by atoms with Gasteiger partial charge < -0.3 is 17.2 Å². The molecule has 48 valence electrons. The maximum atomic E-state index is 5.27. The van der Waals surface area contributed by atoms with Crippen LogP contribution in [0.15, 0.2) is 11.6 Å². The summed E-state index contributed by atoms with van der Waals surface area (Å²) in [6, 6.07) is 0. The van der Waals surface area contributed by atoms with Crippen molar-refractivity contribution < 1.29 is 0 Å². The second kappa shape index (κ2) is 4.77. The van der Waals surface area contributed by atoms with E-state index in [1.54, 1.807) is 0 Å². The molecule has 0 radical (unpaired) electrons. The fraction of sp³-hybridized carbons (Fsp3) is 0.600. The summed E-state index contributed by atoms with van der Waals surface area (Å²) in [5.74, 6) is 0. The van der Waals surface area contributed by atoms with E-state index in [4.69, 9.17) is 17.2 Å². The van der Waals surface area contributed by atoms with E-state index in [0.717, 1.165) is 5.57 Å². The van der Waals surface area contributed by atoms with Gasteiger partial charge in [0.25, 0.3) is 0 Å². The van der Waals surface area contributed by atoms with Crippen molar-refractivity contribution in [2.75, 3.05) is 19.6 Å². The van der Waals surface area contributed by atoms with E-state index in [1.165, 1.54) is 0 Å². The normalized spacial score (nSPS) is 8.88. The third-order valence-corrected chi connectivity index (χ3v) is 0.931. The zero-order chi connectivity index (χ0) is 6.41. The van der Waals surface area contributed by atoms with Gasteiger partial charge in [0.2, 0.25) is 0 Å². The van der Waals surface area contributed by atoms with E-state index < -0.39 is 0 Å². The molecule has 0 aromatic rings. The molecule has 0 bridgehead atoms. The zero-order valence-corrected chi connectivity index (χ0v) is 4.93. The van der Waals surface area contributed by atoms with Gasteiger partial charge >= 0.3 is 0 Å². The first-order valence-corrected chi connectivity index (χ1v) is 2.63. The first-order valence-electron chi connectivity index (χ1n) is 2.63. The summed E-state index contributed by atoms with van der Waals surface area (Å²) in [5.41, 5.74) is 16.7. The molecule has 0 amide bonds. The number of rotatable bonds is 3. The van der Waals surface area contributed by atoms with Crippen LogP contribution in [0.5, 0.6) is 0 Å². The van der Waals surface area contributed by atoms with Crippen molar-refractivity contribution in [3.05, 3.63) is 11.6 Å². The smallest absolute Gasteiger partial charge is 0.0149 e. The molecular weight excluding hydrogens is 102 g/mol. The van der Waals surface area contributed by atoms with E-state index in [-0.39, 0.29) is 0 Å². The SMILES string of the molecule is NCC=C(CN)CN. The summed E-state index contributed by atoms with van der Waals surface area (Å²) in [4.78, 5) is 0. The number of hydrogen-bond acceptors (Lipinski definition) is 3. The van der Waals surface area contributed by atoms with Crippen molar-refractivity contribution in [1.29, 1.82) is 0 Å². The molecule has 0 aliphatic carbocycles. The summed E-state index contributed by atoms with van der Waals surface area (Å²) in [5, 5.41) is 0. The highest BCUT2D eigenvalue weighted by Gasteiger charge is 1.85. The van der Waals surface area contributed by atoms with Gasteiger partial charge in [-0.2, -0.15) is 0 Å². The van der Waals surface area contributed by atoms with Crippen LogP contribution < -0.4 is 17.2 Å². The summed E-state index contributed by atoms with van der Waals surface area (Å²) >= 11 is 0. The standard InChI is InChI=1S/C5H13N3/c6-2-1-5(3-7)4-8/h1H,2-4,6-8H2.